The second kappa shape index (κ2) is 57.7. The number of aliphatic hydroxyl groups excluding tert-OH is 5. The van der Waals surface area contributed by atoms with Crippen molar-refractivity contribution in [2.24, 2.45) is 0 Å². The molecule has 1 fully saturated rings. The van der Waals surface area contributed by atoms with Crippen molar-refractivity contribution in [3.8, 4) is 0 Å². The van der Waals surface area contributed by atoms with E-state index in [0.29, 0.717) is 12.8 Å². The van der Waals surface area contributed by atoms with E-state index in [0.717, 1.165) is 103 Å². The third-order valence-electron chi connectivity index (χ3n) is 15.0. The minimum Gasteiger partial charge on any atom is -0.454 e. The Morgan fingerprint density at radius 2 is 0.927 bits per heavy atom. The molecule has 0 spiro atoms. The van der Waals surface area contributed by atoms with Gasteiger partial charge in [-0.05, 0) is 89.9 Å². The van der Waals surface area contributed by atoms with Crippen LogP contribution >= 0.6 is 0 Å². The molecule has 82 heavy (non-hydrogen) atoms. The Labute approximate surface area is 500 Å². The molecule has 1 aliphatic rings. The van der Waals surface area contributed by atoms with Gasteiger partial charge in [-0.3, -0.25) is 9.59 Å². The molecule has 470 valence electrons. The van der Waals surface area contributed by atoms with Gasteiger partial charge < -0.3 is 45.1 Å². The van der Waals surface area contributed by atoms with E-state index in [9.17, 15) is 35.1 Å². The minimum absolute atomic E-state index is 0.0922. The number of rotatable bonds is 55. The SMILES string of the molecule is CC/C=C/C=C/C=C/C=C\CCCCCCCC(=O)OC1C(OCC(NC(=O)C(O)CCCCCCCCCCCC/C=C\C/C=C\C/C=C\C/C=C\CCCCC)C(O)/C=C/CCCCCCCCCCCC)OC(CO)C(O)C1O. The number of carbonyl (C=O) groups excluding carboxylic acids is 2. The maximum absolute atomic E-state index is 13.5. The van der Waals surface area contributed by atoms with Crippen molar-refractivity contribution in [1.82, 2.24) is 5.32 Å². The molecule has 1 aliphatic heterocycles. The highest BCUT2D eigenvalue weighted by molar-refractivity contribution is 5.80. The highest BCUT2D eigenvalue weighted by atomic mass is 16.7. The fourth-order valence-corrected chi connectivity index (χ4v) is 9.76. The summed E-state index contributed by atoms with van der Waals surface area (Å²) < 4.78 is 17.6. The zero-order chi connectivity index (χ0) is 59.6. The first-order valence-corrected chi connectivity index (χ1v) is 33.2. The highest BCUT2D eigenvalue weighted by Gasteiger charge is 2.47. The molecule has 0 radical (unpaired) electrons. The van der Waals surface area contributed by atoms with E-state index in [1.807, 2.05) is 42.5 Å². The summed E-state index contributed by atoms with van der Waals surface area (Å²) in [6, 6.07) is -1.04. The molecule has 6 N–H and O–H groups in total. The number of allylic oxidation sites excluding steroid dienone is 17. The number of carbonyl (C=O) groups is 2. The predicted octanol–water partition coefficient (Wildman–Crippen LogP) is 16.4. The van der Waals surface area contributed by atoms with Gasteiger partial charge >= 0.3 is 5.97 Å². The van der Waals surface area contributed by atoms with Gasteiger partial charge in [-0.2, -0.15) is 0 Å². The second-order valence-electron chi connectivity index (χ2n) is 22.6. The van der Waals surface area contributed by atoms with E-state index in [1.165, 1.54) is 116 Å². The van der Waals surface area contributed by atoms with E-state index >= 15 is 0 Å². The summed E-state index contributed by atoms with van der Waals surface area (Å²) in [4.78, 5) is 26.6. The number of ether oxygens (including phenoxy) is 3. The van der Waals surface area contributed by atoms with Gasteiger partial charge in [-0.1, -0.05) is 278 Å². The molecular formula is C71H121NO10. The Hall–Kier alpha value is -3.68. The number of hydrogen-bond donors (Lipinski definition) is 6. The largest absolute Gasteiger partial charge is 0.454 e. The monoisotopic (exact) mass is 1150 g/mol. The summed E-state index contributed by atoms with van der Waals surface area (Å²) in [5, 5.41) is 57.1. The van der Waals surface area contributed by atoms with Crippen LogP contribution in [0.25, 0.3) is 0 Å². The number of amides is 1. The van der Waals surface area contributed by atoms with Crippen LogP contribution in [-0.4, -0.2) is 99.6 Å². The summed E-state index contributed by atoms with van der Waals surface area (Å²) in [5.74, 6) is -1.23. The van der Waals surface area contributed by atoms with Gasteiger partial charge in [0.2, 0.25) is 5.91 Å². The van der Waals surface area contributed by atoms with Crippen LogP contribution in [-0.2, 0) is 23.8 Å². The van der Waals surface area contributed by atoms with Crippen molar-refractivity contribution < 1.29 is 49.3 Å². The van der Waals surface area contributed by atoms with Crippen molar-refractivity contribution in [3.63, 3.8) is 0 Å². The lowest BCUT2D eigenvalue weighted by molar-refractivity contribution is -0.305. The molecule has 8 atom stereocenters. The predicted molar refractivity (Wildman–Crippen MR) is 342 cm³/mol. The van der Waals surface area contributed by atoms with Gasteiger partial charge in [0, 0.05) is 6.42 Å². The maximum Gasteiger partial charge on any atom is 0.306 e. The minimum atomic E-state index is -1.63. The zero-order valence-electron chi connectivity index (χ0n) is 52.1. The third-order valence-corrected chi connectivity index (χ3v) is 15.0. The van der Waals surface area contributed by atoms with Gasteiger partial charge in [0.05, 0.1) is 25.4 Å². The zero-order valence-corrected chi connectivity index (χ0v) is 52.1. The van der Waals surface area contributed by atoms with Gasteiger partial charge in [0.15, 0.2) is 12.4 Å². The van der Waals surface area contributed by atoms with Crippen LogP contribution in [0.3, 0.4) is 0 Å². The Morgan fingerprint density at radius 3 is 1.45 bits per heavy atom. The van der Waals surface area contributed by atoms with E-state index in [-0.39, 0.29) is 19.4 Å². The standard InChI is InChI=1S/C71H121NO10/c1-4-7-10-13-16-19-22-25-27-28-29-30-31-32-33-34-35-36-37-39-40-43-46-49-52-55-58-64(75)70(79)72-62(63(74)57-54-51-48-45-42-24-21-18-15-12-9-6-3)61-80-71-69(68(78)67(77)65(60-73)81-71)82-66(76)59-56-53-50-47-44-41-38-26-23-20-17-14-11-8-5-2/h8,11,14,16-17,19-20,23,25-27,29-30,32-33,38,54,57,62-65,67-69,71,73-75,77-78H,4-7,9-10,12-13,15,18,21-22,24,28,31,34-37,39-53,55-56,58-61H2,1-3H3,(H,72,79)/b11-8+,17-14+,19-16-,23-20+,27-25-,30-29-,33-32-,38-26-,57-54+. The van der Waals surface area contributed by atoms with Crippen LogP contribution in [0.15, 0.2) is 109 Å². The Kier molecular flexibility index (Phi) is 53.7. The molecule has 1 heterocycles. The van der Waals surface area contributed by atoms with Crippen LogP contribution in [0.4, 0.5) is 0 Å². The summed E-state index contributed by atoms with van der Waals surface area (Å²) in [6.07, 6.45) is 68.4. The first kappa shape index (κ1) is 76.3. The van der Waals surface area contributed by atoms with Crippen LogP contribution in [0.2, 0.25) is 0 Å². The van der Waals surface area contributed by atoms with Crippen molar-refractivity contribution in [3.05, 3.63) is 109 Å². The van der Waals surface area contributed by atoms with Gasteiger partial charge in [0.25, 0.3) is 0 Å². The van der Waals surface area contributed by atoms with E-state index in [1.54, 1.807) is 6.08 Å². The summed E-state index contributed by atoms with van der Waals surface area (Å²) in [6.45, 7) is 5.61. The van der Waals surface area contributed by atoms with Crippen LogP contribution < -0.4 is 5.32 Å². The smallest absolute Gasteiger partial charge is 0.306 e. The summed E-state index contributed by atoms with van der Waals surface area (Å²) in [5.41, 5.74) is 0. The fraction of sp³-hybridized carbons (Fsp3) is 0.718. The van der Waals surface area contributed by atoms with Crippen molar-refractivity contribution >= 4 is 11.9 Å². The number of aliphatic hydroxyl groups is 5. The number of unbranched alkanes of at least 4 members (excludes halogenated alkanes) is 28. The van der Waals surface area contributed by atoms with E-state index in [4.69, 9.17) is 14.2 Å². The van der Waals surface area contributed by atoms with Crippen molar-refractivity contribution in [2.75, 3.05) is 13.2 Å². The molecule has 0 aromatic rings. The molecular weight excluding hydrogens is 1030 g/mol. The lowest BCUT2D eigenvalue weighted by Gasteiger charge is -2.41. The average Bonchev–Trinajstić information content (AvgIpc) is 3.44. The van der Waals surface area contributed by atoms with Crippen molar-refractivity contribution in [2.45, 2.75) is 314 Å². The average molecular weight is 1150 g/mol. The third kappa shape index (κ3) is 44.8. The van der Waals surface area contributed by atoms with Gasteiger partial charge in [0.1, 0.15) is 24.4 Å². The molecule has 11 nitrogen and oxygen atoms in total. The van der Waals surface area contributed by atoms with Crippen LogP contribution in [0, 0.1) is 0 Å². The Morgan fingerprint density at radius 1 is 0.500 bits per heavy atom. The molecule has 0 aromatic heterocycles. The van der Waals surface area contributed by atoms with E-state index in [2.05, 4.69) is 86.8 Å². The first-order valence-electron chi connectivity index (χ1n) is 33.2. The Bertz CT molecular complexity index is 1750. The summed E-state index contributed by atoms with van der Waals surface area (Å²) in [7, 11) is 0. The second-order valence-corrected chi connectivity index (χ2v) is 22.6. The topological polar surface area (TPSA) is 175 Å². The normalized spacial score (nSPS) is 19.3. The fourth-order valence-electron chi connectivity index (χ4n) is 9.76. The van der Waals surface area contributed by atoms with E-state index < -0.39 is 67.4 Å². The molecule has 8 unspecified atom stereocenters. The van der Waals surface area contributed by atoms with Crippen LogP contribution in [0.1, 0.15) is 265 Å². The quantitative estimate of drug-likeness (QED) is 0.0149. The Balaban J connectivity index is 2.61. The van der Waals surface area contributed by atoms with Gasteiger partial charge in [-0.15, -0.1) is 0 Å². The lowest BCUT2D eigenvalue weighted by Crippen LogP contribution is -2.61. The van der Waals surface area contributed by atoms with Gasteiger partial charge in [-0.25, -0.2) is 0 Å². The molecule has 1 saturated heterocycles. The number of nitrogens with one attached hydrogen (secondary N) is 1. The van der Waals surface area contributed by atoms with Crippen LogP contribution in [0.5, 0.6) is 0 Å². The molecule has 0 aliphatic carbocycles. The molecule has 0 saturated carbocycles. The molecule has 0 aromatic carbocycles. The maximum atomic E-state index is 13.5. The number of esters is 1. The lowest BCUT2D eigenvalue weighted by atomic mass is 9.99. The highest BCUT2D eigenvalue weighted by Crippen LogP contribution is 2.26. The number of hydrogen-bond acceptors (Lipinski definition) is 10. The van der Waals surface area contributed by atoms with Crippen molar-refractivity contribution in [1.29, 1.82) is 0 Å². The molecule has 0 bridgehead atoms. The molecule has 11 heteroatoms. The molecule has 1 amide bonds. The first-order chi connectivity index (χ1) is 40.2. The summed E-state index contributed by atoms with van der Waals surface area (Å²) >= 11 is 0. The molecule has 1 rings (SSSR count).